The van der Waals surface area contributed by atoms with Gasteiger partial charge < -0.3 is 28.9 Å². The van der Waals surface area contributed by atoms with E-state index >= 15 is 0 Å². The second-order valence-corrected chi connectivity index (χ2v) is 20.0. The SMILES string of the molecule is CC(C)(C)C(=O)CCOP(=O)(OC[C@H]1O[C@@H](n2ccc(=O)n(Cc3noc4ccccc34)c2=O)C(O)[C@H]1O)OP(=O)(OCOC(=O)C(C)(C)C)OCOC(=O)C(C)(C)C. The molecule has 5 atom stereocenters. The smallest absolute Gasteiger partial charge is 0.437 e. The van der Waals surface area contributed by atoms with Gasteiger partial charge in [-0.15, -0.1) is 0 Å². The summed E-state index contributed by atoms with van der Waals surface area (Å²) in [5, 5.41) is 26.5. The van der Waals surface area contributed by atoms with Gasteiger partial charge in [0.1, 0.15) is 29.8 Å². The molecule has 1 aliphatic heterocycles. The summed E-state index contributed by atoms with van der Waals surface area (Å²) in [6.07, 6.45) is -6.20. The van der Waals surface area contributed by atoms with Gasteiger partial charge in [-0.3, -0.25) is 37.4 Å². The predicted octanol–water partition coefficient (Wildman–Crippen LogP) is 4.22. The summed E-state index contributed by atoms with van der Waals surface area (Å²) < 4.78 is 77.0. The van der Waals surface area contributed by atoms with Crippen LogP contribution < -0.4 is 11.2 Å². The lowest BCUT2D eigenvalue weighted by molar-refractivity contribution is -0.163. The van der Waals surface area contributed by atoms with E-state index in [1.807, 2.05) is 0 Å². The zero-order valence-corrected chi connectivity index (χ0v) is 36.0. The van der Waals surface area contributed by atoms with Crippen molar-refractivity contribution >= 4 is 44.3 Å². The molecular formula is C36H51N3O18P2. The first-order valence-corrected chi connectivity index (χ1v) is 21.2. The van der Waals surface area contributed by atoms with Gasteiger partial charge in [-0.05, 0) is 53.7 Å². The fourth-order valence-electron chi connectivity index (χ4n) is 4.97. The van der Waals surface area contributed by atoms with Crippen LogP contribution in [0.4, 0.5) is 0 Å². The molecule has 1 aliphatic rings. The van der Waals surface area contributed by atoms with Gasteiger partial charge >= 0.3 is 33.3 Å². The predicted molar refractivity (Wildman–Crippen MR) is 204 cm³/mol. The number of carbonyl (C=O) groups is 3. The highest BCUT2D eigenvalue weighted by Gasteiger charge is 2.48. The average Bonchev–Trinajstić information content (AvgIpc) is 3.67. The fraction of sp³-hybridized carbons (Fsp3) is 0.611. The Morgan fingerprint density at radius 2 is 1.37 bits per heavy atom. The number of carbonyl (C=O) groups excluding carboxylic acids is 3. The molecule has 0 spiro atoms. The number of fused-ring (bicyclic) bond motifs is 1. The maximum Gasteiger partial charge on any atom is 0.489 e. The Labute approximate surface area is 339 Å². The fourth-order valence-corrected chi connectivity index (χ4v) is 7.86. The molecule has 0 saturated carbocycles. The molecule has 2 aromatic heterocycles. The Kier molecular flexibility index (Phi) is 15.2. The number of ketones is 1. The summed E-state index contributed by atoms with van der Waals surface area (Å²) >= 11 is 0. The molecule has 328 valence electrons. The summed E-state index contributed by atoms with van der Waals surface area (Å²) in [5.41, 5.74) is -3.91. The van der Waals surface area contributed by atoms with E-state index in [0.29, 0.717) is 11.0 Å². The minimum atomic E-state index is -5.26. The topological polar surface area (TPSA) is 270 Å². The summed E-state index contributed by atoms with van der Waals surface area (Å²) in [4.78, 5) is 63.8. The third-order valence-corrected chi connectivity index (χ3v) is 11.9. The van der Waals surface area contributed by atoms with Crippen LogP contribution in [-0.4, -0.2) is 87.3 Å². The summed E-state index contributed by atoms with van der Waals surface area (Å²) in [6.45, 7) is 9.97. The Bertz CT molecular complexity index is 2160. The molecule has 3 heterocycles. The molecule has 59 heavy (non-hydrogen) atoms. The average molecular weight is 876 g/mol. The number of phosphoric ester groups is 2. The van der Waals surface area contributed by atoms with Gasteiger partial charge in [-0.25, -0.2) is 23.0 Å². The van der Waals surface area contributed by atoms with E-state index in [4.69, 9.17) is 41.1 Å². The maximum absolute atomic E-state index is 14.2. The Morgan fingerprint density at radius 1 is 0.797 bits per heavy atom. The molecule has 4 rings (SSSR count). The molecule has 0 bridgehead atoms. The molecule has 21 nitrogen and oxygen atoms in total. The van der Waals surface area contributed by atoms with Gasteiger partial charge in [-0.1, -0.05) is 38.1 Å². The highest BCUT2D eigenvalue weighted by molar-refractivity contribution is 7.62. The van der Waals surface area contributed by atoms with E-state index < -0.39 is 106 Å². The van der Waals surface area contributed by atoms with Crippen molar-refractivity contribution in [3.05, 3.63) is 63.1 Å². The largest absolute Gasteiger partial charge is 0.489 e. The van der Waals surface area contributed by atoms with Gasteiger partial charge in [0.2, 0.25) is 13.6 Å². The number of aromatic nitrogens is 3. The number of hydrogen-bond donors (Lipinski definition) is 2. The van der Waals surface area contributed by atoms with E-state index in [9.17, 15) is 43.3 Å². The van der Waals surface area contributed by atoms with E-state index in [1.54, 1.807) is 45.0 Å². The molecule has 1 saturated heterocycles. The van der Waals surface area contributed by atoms with Crippen LogP contribution in [0.3, 0.4) is 0 Å². The van der Waals surface area contributed by atoms with Crippen LogP contribution >= 0.6 is 15.6 Å². The number of phosphoric acid groups is 2. The number of rotatable bonds is 18. The van der Waals surface area contributed by atoms with Crippen LogP contribution in [0, 0.1) is 16.2 Å². The summed E-state index contributed by atoms with van der Waals surface area (Å²) in [5.74, 6) is -1.95. The Hall–Kier alpha value is -3.88. The number of aliphatic hydroxyl groups excluding tert-OH is 2. The molecule has 0 amide bonds. The molecule has 1 fully saturated rings. The van der Waals surface area contributed by atoms with E-state index in [1.165, 1.54) is 41.5 Å². The van der Waals surface area contributed by atoms with Gasteiger partial charge in [0.25, 0.3) is 5.56 Å². The van der Waals surface area contributed by atoms with Crippen molar-refractivity contribution in [3.8, 4) is 0 Å². The third kappa shape index (κ3) is 12.6. The number of esters is 2. The van der Waals surface area contributed by atoms with Crippen LogP contribution in [0.5, 0.6) is 0 Å². The monoisotopic (exact) mass is 875 g/mol. The minimum absolute atomic E-state index is 0.265. The molecule has 2 N–H and O–H groups in total. The van der Waals surface area contributed by atoms with Crippen LogP contribution in [0.2, 0.25) is 0 Å². The molecule has 2 unspecified atom stereocenters. The Balaban J connectivity index is 1.58. The lowest BCUT2D eigenvalue weighted by Gasteiger charge is -2.25. The molecule has 3 aromatic rings. The van der Waals surface area contributed by atoms with Gasteiger partial charge in [0, 0.05) is 29.5 Å². The quantitative estimate of drug-likeness (QED) is 0.103. The molecular weight excluding hydrogens is 824 g/mol. The van der Waals surface area contributed by atoms with Crippen molar-refractivity contribution in [1.82, 2.24) is 14.3 Å². The number of para-hydroxylation sites is 1. The number of benzene rings is 1. The van der Waals surface area contributed by atoms with Crippen LogP contribution in [0.25, 0.3) is 11.0 Å². The second kappa shape index (κ2) is 18.8. The van der Waals surface area contributed by atoms with Crippen molar-refractivity contribution in [2.75, 3.05) is 26.8 Å². The Morgan fingerprint density at radius 3 is 1.95 bits per heavy atom. The normalized spacial score (nSPS) is 20.1. The number of ether oxygens (including phenoxy) is 3. The molecule has 23 heteroatoms. The number of aliphatic hydroxyl groups is 2. The third-order valence-electron chi connectivity index (χ3n) is 8.51. The van der Waals surface area contributed by atoms with Crippen molar-refractivity contribution < 1.29 is 74.9 Å². The number of hydrogen-bond acceptors (Lipinski definition) is 19. The first kappa shape index (κ1) is 47.8. The first-order valence-electron chi connectivity index (χ1n) is 18.3. The van der Waals surface area contributed by atoms with Crippen molar-refractivity contribution in [1.29, 1.82) is 0 Å². The van der Waals surface area contributed by atoms with Gasteiger partial charge in [-0.2, -0.15) is 4.31 Å². The van der Waals surface area contributed by atoms with Crippen molar-refractivity contribution in [2.45, 2.75) is 99.8 Å². The van der Waals surface area contributed by atoms with Gasteiger partial charge in [0.05, 0.1) is 30.6 Å². The lowest BCUT2D eigenvalue weighted by atomic mass is 9.89. The highest BCUT2D eigenvalue weighted by atomic mass is 31.3. The van der Waals surface area contributed by atoms with Crippen molar-refractivity contribution in [2.24, 2.45) is 16.2 Å². The standard InChI is InChI=1S/C36H51N3O18P2/c1-34(2,3)26(40)15-17-51-58(47,57-59(48,53-20-49-31(44)35(4,5)6)54-21-50-32(45)36(7,8)9)52-19-25-28(42)29(43)30(55-25)38-16-14-27(41)39(33(38)46)18-23-22-12-10-11-13-24(22)56-37-23/h10-14,16,25,28-30,42-43H,15,17-21H2,1-9H3/t25-,28+,29?,30-,58?/m1/s1. The van der Waals surface area contributed by atoms with E-state index in [2.05, 4.69) is 5.16 Å². The van der Waals surface area contributed by atoms with E-state index in [-0.39, 0.29) is 24.4 Å². The zero-order chi connectivity index (χ0) is 44.1. The van der Waals surface area contributed by atoms with Gasteiger partial charge in [0.15, 0.2) is 11.8 Å². The summed E-state index contributed by atoms with van der Waals surface area (Å²) in [6, 6.07) is 7.80. The zero-order valence-electron chi connectivity index (χ0n) is 34.2. The lowest BCUT2D eigenvalue weighted by Crippen LogP contribution is -2.43. The van der Waals surface area contributed by atoms with Crippen LogP contribution in [0.15, 0.2) is 50.6 Å². The molecule has 1 aromatic carbocycles. The number of nitrogens with zero attached hydrogens (tertiary/aromatic N) is 3. The highest BCUT2D eigenvalue weighted by Crippen LogP contribution is 2.66. The second-order valence-electron chi connectivity index (χ2n) is 16.5. The summed E-state index contributed by atoms with van der Waals surface area (Å²) in [7, 11) is -10.5. The molecule has 0 radical (unpaired) electrons. The number of Topliss-reactive ketones (excluding diaryl/α,β-unsaturated/α-hetero) is 1. The van der Waals surface area contributed by atoms with E-state index in [0.717, 1.165) is 21.4 Å². The first-order chi connectivity index (χ1) is 27.2. The maximum atomic E-state index is 14.2. The minimum Gasteiger partial charge on any atom is -0.437 e. The van der Waals surface area contributed by atoms with Crippen LogP contribution in [-0.2, 0) is 66.7 Å². The van der Waals surface area contributed by atoms with Crippen LogP contribution in [0.1, 0.15) is 80.7 Å². The van der Waals surface area contributed by atoms with Crippen molar-refractivity contribution in [3.63, 3.8) is 0 Å². The molecule has 0 aliphatic carbocycles.